The van der Waals surface area contributed by atoms with Gasteiger partial charge in [0.1, 0.15) is 0 Å². The van der Waals surface area contributed by atoms with E-state index in [1.165, 1.54) is 0 Å². The third kappa shape index (κ3) is 6.35. The van der Waals surface area contributed by atoms with Crippen LogP contribution in [0.3, 0.4) is 0 Å². The van der Waals surface area contributed by atoms with Gasteiger partial charge in [-0.3, -0.25) is 0 Å². The van der Waals surface area contributed by atoms with Crippen molar-refractivity contribution in [2.45, 2.75) is 25.4 Å². The molecule has 0 rings (SSSR count). The van der Waals surface area contributed by atoms with Gasteiger partial charge >= 0.3 is 0 Å². The molecule has 0 saturated heterocycles. The molecule has 0 radical (unpaired) electrons. The van der Waals surface area contributed by atoms with Gasteiger partial charge in [-0.05, 0) is 0 Å². The molecule has 0 saturated carbocycles. The zero-order chi connectivity index (χ0) is 10.8. The van der Waals surface area contributed by atoms with Crippen LogP contribution in [-0.2, 0) is 9.47 Å². The maximum atomic E-state index is 9.05. The maximum Gasteiger partial charge on any atom is 0.206 e. The molecule has 0 fully saturated rings. The molecular weight excluding hydrogens is 188 g/mol. The summed E-state index contributed by atoms with van der Waals surface area (Å²) in [6.45, 7) is 0.0483. The molecule has 0 aliphatic heterocycles. The highest BCUT2D eigenvalue weighted by Crippen LogP contribution is 1.99. The van der Waals surface area contributed by atoms with E-state index in [-0.39, 0.29) is 26.1 Å². The standard InChI is InChI=1S/C8H12N2O4/c9-3-1-5-13-7(11)8(12)14-6-2-4-10/h7-8,11-12H,1-2,5-6H2. The molecule has 0 aliphatic rings. The summed E-state index contributed by atoms with van der Waals surface area (Å²) < 4.78 is 9.30. The lowest BCUT2D eigenvalue weighted by Gasteiger charge is -2.17. The minimum absolute atomic E-state index is 0.0241. The van der Waals surface area contributed by atoms with Gasteiger partial charge in [0, 0.05) is 0 Å². The van der Waals surface area contributed by atoms with Crippen molar-refractivity contribution in [3.8, 4) is 12.1 Å². The Kier molecular flexibility index (Phi) is 7.71. The molecule has 2 unspecified atom stereocenters. The fourth-order valence-electron chi connectivity index (χ4n) is 0.615. The monoisotopic (exact) mass is 200 g/mol. The number of ether oxygens (including phenoxy) is 2. The average Bonchev–Trinajstić information content (AvgIpc) is 2.18. The molecule has 14 heavy (non-hydrogen) atoms. The first-order chi connectivity index (χ1) is 6.72. The molecule has 0 bridgehead atoms. The molecule has 6 nitrogen and oxygen atoms in total. The van der Waals surface area contributed by atoms with Crippen molar-refractivity contribution in [2.75, 3.05) is 13.2 Å². The lowest BCUT2D eigenvalue weighted by atomic mass is 10.5. The van der Waals surface area contributed by atoms with Crippen LogP contribution >= 0.6 is 0 Å². The number of aliphatic hydroxyl groups excluding tert-OH is 2. The van der Waals surface area contributed by atoms with Crippen LogP contribution in [0.1, 0.15) is 12.8 Å². The van der Waals surface area contributed by atoms with Gasteiger partial charge in [0.2, 0.25) is 12.6 Å². The molecule has 0 spiro atoms. The van der Waals surface area contributed by atoms with Crippen LogP contribution in [0.25, 0.3) is 0 Å². The summed E-state index contributed by atoms with van der Waals surface area (Å²) in [6.07, 6.45) is -2.71. The predicted molar refractivity (Wildman–Crippen MR) is 44.4 cm³/mol. The summed E-state index contributed by atoms with van der Waals surface area (Å²) >= 11 is 0. The van der Waals surface area contributed by atoms with Crippen LogP contribution in [0.2, 0.25) is 0 Å². The van der Waals surface area contributed by atoms with Crippen LogP contribution in [-0.4, -0.2) is 36.0 Å². The number of hydrogen-bond donors (Lipinski definition) is 2. The van der Waals surface area contributed by atoms with Crippen molar-refractivity contribution < 1.29 is 19.7 Å². The highest BCUT2D eigenvalue weighted by atomic mass is 16.7. The van der Waals surface area contributed by atoms with E-state index >= 15 is 0 Å². The molecule has 78 valence electrons. The van der Waals surface area contributed by atoms with Gasteiger partial charge in [-0.25, -0.2) is 0 Å². The van der Waals surface area contributed by atoms with E-state index in [0.717, 1.165) is 0 Å². The van der Waals surface area contributed by atoms with E-state index in [4.69, 9.17) is 20.7 Å². The first-order valence-corrected chi connectivity index (χ1v) is 4.05. The summed E-state index contributed by atoms with van der Waals surface area (Å²) in [5, 5.41) is 34.4. The Morgan fingerprint density at radius 3 is 1.57 bits per heavy atom. The summed E-state index contributed by atoms with van der Waals surface area (Å²) in [6, 6.07) is 3.63. The third-order valence-corrected chi connectivity index (χ3v) is 1.25. The van der Waals surface area contributed by atoms with Crippen LogP contribution in [0.4, 0.5) is 0 Å². The van der Waals surface area contributed by atoms with E-state index in [2.05, 4.69) is 9.47 Å². The lowest BCUT2D eigenvalue weighted by Crippen LogP contribution is -2.31. The smallest absolute Gasteiger partial charge is 0.206 e. The Morgan fingerprint density at radius 1 is 0.929 bits per heavy atom. The molecule has 2 N–H and O–H groups in total. The van der Waals surface area contributed by atoms with Gasteiger partial charge in [0.25, 0.3) is 0 Å². The van der Waals surface area contributed by atoms with Crippen LogP contribution in [0.5, 0.6) is 0 Å². The number of nitrogens with zero attached hydrogens (tertiary/aromatic N) is 2. The van der Waals surface area contributed by atoms with E-state index in [0.29, 0.717) is 0 Å². The Hall–Kier alpha value is -1.18. The van der Waals surface area contributed by atoms with E-state index in [9.17, 15) is 0 Å². The van der Waals surface area contributed by atoms with Gasteiger partial charge in [-0.15, -0.1) is 0 Å². The fourth-order valence-corrected chi connectivity index (χ4v) is 0.615. The summed E-state index contributed by atoms with van der Waals surface area (Å²) in [5.74, 6) is 0. The normalized spacial score (nSPS) is 14.0. The van der Waals surface area contributed by atoms with E-state index < -0.39 is 12.6 Å². The number of aliphatic hydroxyl groups is 2. The van der Waals surface area contributed by atoms with Crippen LogP contribution in [0, 0.1) is 22.7 Å². The minimum atomic E-state index is -1.48. The molecule has 0 aromatic heterocycles. The van der Waals surface area contributed by atoms with Crippen molar-refractivity contribution in [3.63, 3.8) is 0 Å². The van der Waals surface area contributed by atoms with Crippen molar-refractivity contribution in [3.05, 3.63) is 0 Å². The summed E-state index contributed by atoms with van der Waals surface area (Å²) in [7, 11) is 0. The molecule has 0 aromatic rings. The zero-order valence-electron chi connectivity index (χ0n) is 7.59. The van der Waals surface area contributed by atoms with Gasteiger partial charge in [0.05, 0.1) is 38.2 Å². The highest BCUT2D eigenvalue weighted by Gasteiger charge is 2.16. The Labute approximate surface area is 81.9 Å². The van der Waals surface area contributed by atoms with Crippen molar-refractivity contribution >= 4 is 0 Å². The fraction of sp³-hybridized carbons (Fsp3) is 0.750. The van der Waals surface area contributed by atoms with Crippen LogP contribution < -0.4 is 0 Å². The van der Waals surface area contributed by atoms with Crippen molar-refractivity contribution in [2.24, 2.45) is 0 Å². The second-order valence-corrected chi connectivity index (χ2v) is 2.34. The number of hydrogen-bond acceptors (Lipinski definition) is 6. The van der Waals surface area contributed by atoms with Crippen molar-refractivity contribution in [1.29, 1.82) is 10.5 Å². The zero-order valence-corrected chi connectivity index (χ0v) is 7.59. The molecule has 0 amide bonds. The number of nitriles is 2. The largest absolute Gasteiger partial charge is 0.364 e. The molecule has 0 heterocycles. The topological polar surface area (TPSA) is 106 Å². The molecule has 0 aromatic carbocycles. The van der Waals surface area contributed by atoms with Crippen LogP contribution in [0.15, 0.2) is 0 Å². The van der Waals surface area contributed by atoms with Gasteiger partial charge in [-0.1, -0.05) is 0 Å². The second-order valence-electron chi connectivity index (χ2n) is 2.34. The maximum absolute atomic E-state index is 9.05. The molecule has 2 atom stereocenters. The quantitative estimate of drug-likeness (QED) is 0.423. The Bertz CT molecular complexity index is 196. The highest BCUT2D eigenvalue weighted by molar-refractivity contribution is 4.68. The molecule has 6 heteroatoms. The van der Waals surface area contributed by atoms with Gasteiger partial charge < -0.3 is 19.7 Å². The third-order valence-electron chi connectivity index (χ3n) is 1.25. The summed E-state index contributed by atoms with van der Waals surface area (Å²) in [5.41, 5.74) is 0. The first-order valence-electron chi connectivity index (χ1n) is 4.05. The molecule has 0 aliphatic carbocycles. The van der Waals surface area contributed by atoms with Gasteiger partial charge in [-0.2, -0.15) is 10.5 Å². The minimum Gasteiger partial charge on any atom is -0.364 e. The SMILES string of the molecule is N#CCCOC(O)C(O)OCCC#N. The molecular formula is C8H12N2O4. The lowest BCUT2D eigenvalue weighted by molar-refractivity contribution is -0.250. The van der Waals surface area contributed by atoms with E-state index in [1.807, 2.05) is 12.1 Å². The van der Waals surface area contributed by atoms with Crippen molar-refractivity contribution in [1.82, 2.24) is 0 Å². The average molecular weight is 200 g/mol. The van der Waals surface area contributed by atoms with Gasteiger partial charge in [0.15, 0.2) is 0 Å². The Balaban J connectivity index is 3.51. The second kappa shape index (κ2) is 8.42. The summed E-state index contributed by atoms with van der Waals surface area (Å²) in [4.78, 5) is 0. The van der Waals surface area contributed by atoms with E-state index in [1.54, 1.807) is 0 Å². The first kappa shape index (κ1) is 12.8. The predicted octanol–water partition coefficient (Wildman–Crippen LogP) is -0.516. The number of rotatable bonds is 7. The Morgan fingerprint density at radius 2 is 1.29 bits per heavy atom.